The molecule has 0 amide bonds. The molecular weight excluding hydrogens is 488 g/mol. The van der Waals surface area contributed by atoms with Gasteiger partial charge in [0.2, 0.25) is 5.71 Å². The lowest BCUT2D eigenvalue weighted by atomic mass is 10.0. The van der Waals surface area contributed by atoms with Gasteiger partial charge in [0.15, 0.2) is 0 Å². The molecule has 40 heavy (non-hydrogen) atoms. The van der Waals surface area contributed by atoms with E-state index in [4.69, 9.17) is 9.40 Å². The van der Waals surface area contributed by atoms with Gasteiger partial charge in [-0.05, 0) is 75.1 Å². The molecule has 0 atom stereocenters. The molecule has 0 fully saturated rings. The van der Waals surface area contributed by atoms with Gasteiger partial charge in [-0.25, -0.2) is 0 Å². The van der Waals surface area contributed by atoms with Crippen LogP contribution in [0.4, 0.5) is 17.2 Å². The highest BCUT2D eigenvalue weighted by Crippen LogP contribution is 2.39. The first kappa shape index (κ1) is 22.6. The van der Waals surface area contributed by atoms with Gasteiger partial charge in [-0.15, -0.1) is 0 Å². The molecule has 188 valence electrons. The molecule has 8 rings (SSSR count). The summed E-state index contributed by atoms with van der Waals surface area (Å²) in [5.74, 6) is 0.805. The highest BCUT2D eigenvalue weighted by atomic mass is 16.3. The van der Waals surface area contributed by atoms with Gasteiger partial charge in [0.1, 0.15) is 11.4 Å². The van der Waals surface area contributed by atoms with Crippen LogP contribution in [0, 0.1) is 0 Å². The average molecular weight is 513 g/mol. The summed E-state index contributed by atoms with van der Waals surface area (Å²) in [6.45, 7) is 0. The van der Waals surface area contributed by atoms with E-state index in [1.54, 1.807) is 0 Å². The Morgan fingerprint density at radius 2 is 1.10 bits per heavy atom. The zero-order valence-corrected chi connectivity index (χ0v) is 21.7. The normalized spacial score (nSPS) is 11.5. The summed E-state index contributed by atoms with van der Waals surface area (Å²) in [5, 5.41) is 7.02. The van der Waals surface area contributed by atoms with Gasteiger partial charge in [-0.3, -0.25) is 4.90 Å². The maximum absolute atomic E-state index is 6.17. The number of rotatable bonds is 4. The minimum atomic E-state index is 0.636. The van der Waals surface area contributed by atoms with Crippen LogP contribution >= 0.6 is 0 Å². The number of hydrogen-bond donors (Lipinski definition) is 0. The average Bonchev–Trinajstić information content (AvgIpc) is 3.40. The fourth-order valence-electron chi connectivity index (χ4n) is 5.71. The molecular formula is C37H24N2O. The van der Waals surface area contributed by atoms with Gasteiger partial charge in [-0.2, -0.15) is 4.98 Å². The SMILES string of the molecule is c1ccc(-c2ccc(N(c3ccc4c(ccc5ccccc54)c3)c3ccc4c(n3)oc3ccccc34)cc2)cc1. The molecule has 0 unspecified atom stereocenters. The lowest BCUT2D eigenvalue weighted by Crippen LogP contribution is -2.11. The molecule has 6 aromatic carbocycles. The molecule has 3 heteroatoms. The smallest absolute Gasteiger partial charge is 0.229 e. The van der Waals surface area contributed by atoms with E-state index in [1.165, 1.54) is 32.7 Å². The number of anilines is 3. The summed E-state index contributed by atoms with van der Waals surface area (Å²) in [4.78, 5) is 7.24. The van der Waals surface area contributed by atoms with Crippen molar-refractivity contribution in [1.29, 1.82) is 0 Å². The van der Waals surface area contributed by atoms with E-state index in [1.807, 2.05) is 24.3 Å². The van der Waals surface area contributed by atoms with Crippen LogP contribution in [0.15, 0.2) is 150 Å². The fraction of sp³-hybridized carbons (Fsp3) is 0. The molecule has 0 saturated carbocycles. The number of fused-ring (bicyclic) bond motifs is 6. The minimum Gasteiger partial charge on any atom is -0.438 e. The van der Waals surface area contributed by atoms with Crippen molar-refractivity contribution in [2.24, 2.45) is 0 Å². The standard InChI is InChI=1S/C37H24N2O/c1-2-8-25(9-3-1)26-16-18-29(19-17-26)39(36-23-22-34-33-12-6-7-13-35(33)40-37(34)38-36)30-20-21-32-28(24-30)15-14-27-10-4-5-11-31(27)32/h1-24H. The lowest BCUT2D eigenvalue weighted by Gasteiger charge is -2.25. The summed E-state index contributed by atoms with van der Waals surface area (Å²) in [7, 11) is 0. The molecule has 0 spiro atoms. The Hall–Kier alpha value is -5.41. The van der Waals surface area contributed by atoms with Gasteiger partial charge in [0, 0.05) is 22.1 Å². The van der Waals surface area contributed by atoms with E-state index in [9.17, 15) is 0 Å². The van der Waals surface area contributed by atoms with Crippen LogP contribution in [0.2, 0.25) is 0 Å². The van der Waals surface area contributed by atoms with Crippen LogP contribution in [0.25, 0.3) is 54.7 Å². The van der Waals surface area contributed by atoms with Crippen molar-refractivity contribution in [3.05, 3.63) is 146 Å². The van der Waals surface area contributed by atoms with Gasteiger partial charge in [0.25, 0.3) is 0 Å². The Bertz CT molecular complexity index is 2160. The number of hydrogen-bond acceptors (Lipinski definition) is 3. The van der Waals surface area contributed by atoms with Gasteiger partial charge in [-0.1, -0.05) is 103 Å². The van der Waals surface area contributed by atoms with Gasteiger partial charge in [0.05, 0.1) is 0 Å². The Labute approximate surface area is 231 Å². The third-order valence-corrected chi connectivity index (χ3v) is 7.68. The second kappa shape index (κ2) is 9.11. The Morgan fingerprint density at radius 1 is 0.450 bits per heavy atom. The van der Waals surface area contributed by atoms with Crippen LogP contribution in [0.3, 0.4) is 0 Å². The second-order valence-corrected chi connectivity index (χ2v) is 10.1. The summed E-state index contributed by atoms with van der Waals surface area (Å²) in [6.07, 6.45) is 0. The van der Waals surface area contributed by atoms with Crippen molar-refractivity contribution in [3.8, 4) is 11.1 Å². The zero-order chi connectivity index (χ0) is 26.5. The summed E-state index contributed by atoms with van der Waals surface area (Å²) < 4.78 is 6.17. The first-order valence-electron chi connectivity index (χ1n) is 13.5. The maximum atomic E-state index is 6.17. The van der Waals surface area contributed by atoms with Crippen molar-refractivity contribution in [1.82, 2.24) is 4.98 Å². The third kappa shape index (κ3) is 3.71. The number of pyridine rings is 1. The van der Waals surface area contributed by atoms with E-state index >= 15 is 0 Å². The van der Waals surface area contributed by atoms with Crippen molar-refractivity contribution < 1.29 is 4.42 Å². The summed E-state index contributed by atoms with van der Waals surface area (Å²) in [6, 6.07) is 51.0. The van der Waals surface area contributed by atoms with E-state index in [2.05, 4.69) is 126 Å². The monoisotopic (exact) mass is 512 g/mol. The van der Waals surface area contributed by atoms with E-state index in [0.29, 0.717) is 5.71 Å². The number of para-hydroxylation sites is 1. The van der Waals surface area contributed by atoms with Crippen LogP contribution < -0.4 is 4.90 Å². The molecule has 0 aliphatic carbocycles. The van der Waals surface area contributed by atoms with Crippen molar-refractivity contribution >= 4 is 60.8 Å². The van der Waals surface area contributed by atoms with Crippen LogP contribution in [0.1, 0.15) is 0 Å². The zero-order valence-electron chi connectivity index (χ0n) is 21.7. The second-order valence-electron chi connectivity index (χ2n) is 10.1. The first-order valence-corrected chi connectivity index (χ1v) is 13.5. The number of nitrogens with zero attached hydrogens (tertiary/aromatic N) is 2. The molecule has 0 aliphatic heterocycles. The maximum Gasteiger partial charge on any atom is 0.229 e. The molecule has 0 saturated heterocycles. The van der Waals surface area contributed by atoms with Crippen LogP contribution in [0.5, 0.6) is 0 Å². The van der Waals surface area contributed by atoms with E-state index in [-0.39, 0.29) is 0 Å². The molecule has 2 heterocycles. The predicted octanol–water partition coefficient (Wildman–Crippen LogP) is 10.4. The highest BCUT2D eigenvalue weighted by molar-refractivity contribution is 6.09. The van der Waals surface area contributed by atoms with Crippen molar-refractivity contribution in [2.45, 2.75) is 0 Å². The molecule has 0 bridgehead atoms. The topological polar surface area (TPSA) is 29.3 Å². The fourth-order valence-corrected chi connectivity index (χ4v) is 5.71. The Kier molecular flexibility index (Phi) is 5.14. The highest BCUT2D eigenvalue weighted by Gasteiger charge is 2.17. The molecule has 0 N–H and O–H groups in total. The number of furan rings is 1. The van der Waals surface area contributed by atoms with Gasteiger partial charge >= 0.3 is 0 Å². The number of aromatic nitrogens is 1. The molecule has 0 aliphatic rings. The molecule has 0 radical (unpaired) electrons. The Balaban J connectivity index is 1.31. The quantitative estimate of drug-likeness (QED) is 0.220. The van der Waals surface area contributed by atoms with E-state index in [0.717, 1.165) is 33.5 Å². The van der Waals surface area contributed by atoms with Crippen LogP contribution in [-0.4, -0.2) is 4.98 Å². The summed E-state index contributed by atoms with van der Waals surface area (Å²) >= 11 is 0. The van der Waals surface area contributed by atoms with Crippen LogP contribution in [-0.2, 0) is 0 Å². The van der Waals surface area contributed by atoms with E-state index < -0.39 is 0 Å². The molecule has 2 aromatic heterocycles. The Morgan fingerprint density at radius 3 is 1.98 bits per heavy atom. The molecule has 8 aromatic rings. The first-order chi connectivity index (χ1) is 19.8. The minimum absolute atomic E-state index is 0.636. The largest absolute Gasteiger partial charge is 0.438 e. The lowest BCUT2D eigenvalue weighted by molar-refractivity contribution is 0.654. The van der Waals surface area contributed by atoms with Crippen molar-refractivity contribution in [2.75, 3.05) is 4.90 Å². The summed E-state index contributed by atoms with van der Waals surface area (Å²) in [5.41, 5.74) is 5.92. The predicted molar refractivity (Wildman–Crippen MR) is 167 cm³/mol. The number of benzene rings is 6. The van der Waals surface area contributed by atoms with Crippen molar-refractivity contribution in [3.63, 3.8) is 0 Å². The third-order valence-electron chi connectivity index (χ3n) is 7.68. The molecule has 3 nitrogen and oxygen atoms in total. The van der Waals surface area contributed by atoms with Gasteiger partial charge < -0.3 is 4.42 Å².